The molecule has 112 valence electrons. The Hall–Kier alpha value is -2.48. The molecule has 0 unspecified atom stereocenters. The Morgan fingerprint density at radius 1 is 1.29 bits per heavy atom. The summed E-state index contributed by atoms with van der Waals surface area (Å²) in [7, 11) is 0. The van der Waals surface area contributed by atoms with Crippen molar-refractivity contribution in [3.63, 3.8) is 0 Å². The number of amides is 2. The first kappa shape index (κ1) is 14.9. The third-order valence-electron chi connectivity index (χ3n) is 3.10. The van der Waals surface area contributed by atoms with Crippen molar-refractivity contribution < 1.29 is 28.6 Å². The smallest absolute Gasteiger partial charge is 0.332 e. The van der Waals surface area contributed by atoms with Crippen LogP contribution in [0.5, 0.6) is 0 Å². The van der Waals surface area contributed by atoms with E-state index in [-0.39, 0.29) is 24.1 Å². The molecule has 0 aliphatic carbocycles. The van der Waals surface area contributed by atoms with E-state index in [4.69, 9.17) is 15.6 Å². The van der Waals surface area contributed by atoms with Crippen molar-refractivity contribution >= 4 is 23.5 Å². The molecule has 7 nitrogen and oxygen atoms in total. The fourth-order valence-corrected chi connectivity index (χ4v) is 2.00. The highest BCUT2D eigenvalue weighted by Gasteiger charge is 2.34. The zero-order valence-electron chi connectivity index (χ0n) is 10.8. The average Bonchev–Trinajstić information content (AvgIpc) is 2.90. The Balaban J connectivity index is 2.08. The van der Waals surface area contributed by atoms with Crippen molar-refractivity contribution in [2.45, 2.75) is 25.0 Å². The maximum Gasteiger partial charge on any atom is 0.332 e. The molecule has 1 aliphatic rings. The lowest BCUT2D eigenvalue weighted by Gasteiger charge is -2.12. The second-order valence-electron chi connectivity index (χ2n) is 4.58. The third kappa shape index (κ3) is 3.34. The number of benzene rings is 1. The van der Waals surface area contributed by atoms with E-state index in [2.05, 4.69) is 5.32 Å². The van der Waals surface area contributed by atoms with Gasteiger partial charge in [0.05, 0.1) is 5.69 Å². The maximum absolute atomic E-state index is 13.6. The van der Waals surface area contributed by atoms with Gasteiger partial charge in [0.25, 0.3) is 5.91 Å². The molecule has 1 saturated heterocycles. The van der Waals surface area contributed by atoms with E-state index in [9.17, 15) is 18.8 Å². The van der Waals surface area contributed by atoms with Gasteiger partial charge in [-0.1, -0.05) is 0 Å². The molecule has 0 saturated carbocycles. The summed E-state index contributed by atoms with van der Waals surface area (Å²) >= 11 is 0. The fraction of sp³-hybridized carbons (Fsp3) is 0.308. The second kappa shape index (κ2) is 5.88. The van der Waals surface area contributed by atoms with Gasteiger partial charge in [0.1, 0.15) is 11.9 Å². The molecular weight excluding hydrogens is 283 g/mol. The van der Waals surface area contributed by atoms with Crippen LogP contribution >= 0.6 is 0 Å². The number of aliphatic carboxylic acids is 1. The minimum atomic E-state index is -1.15. The summed E-state index contributed by atoms with van der Waals surface area (Å²) in [4.78, 5) is 33.7. The van der Waals surface area contributed by atoms with Gasteiger partial charge >= 0.3 is 5.97 Å². The highest BCUT2D eigenvalue weighted by atomic mass is 19.1. The normalized spacial score (nSPS) is 21.0. The monoisotopic (exact) mass is 296 g/mol. The number of hydrogen-bond donors (Lipinski definition) is 3. The number of ether oxygens (including phenoxy) is 1. The largest absolute Gasteiger partial charge is 0.479 e. The number of carboxylic acids is 1. The predicted molar refractivity (Wildman–Crippen MR) is 69.1 cm³/mol. The van der Waals surface area contributed by atoms with Gasteiger partial charge in [-0.15, -0.1) is 0 Å². The molecule has 0 bridgehead atoms. The first-order valence-electron chi connectivity index (χ1n) is 6.17. The lowest BCUT2D eigenvalue weighted by atomic mass is 10.1. The summed E-state index contributed by atoms with van der Waals surface area (Å²) in [6.07, 6.45) is -1.58. The summed E-state index contributed by atoms with van der Waals surface area (Å²) < 4.78 is 18.6. The number of halogens is 1. The minimum Gasteiger partial charge on any atom is -0.479 e. The van der Waals surface area contributed by atoms with E-state index in [1.54, 1.807) is 0 Å². The van der Waals surface area contributed by atoms with Crippen LogP contribution in [0.4, 0.5) is 10.1 Å². The third-order valence-corrected chi connectivity index (χ3v) is 3.10. The number of nitrogens with two attached hydrogens (primary N) is 1. The van der Waals surface area contributed by atoms with Crippen molar-refractivity contribution in [1.82, 2.24) is 0 Å². The van der Waals surface area contributed by atoms with Crippen molar-refractivity contribution in [2.24, 2.45) is 5.73 Å². The van der Waals surface area contributed by atoms with Gasteiger partial charge in [0, 0.05) is 5.56 Å². The number of carbonyl (C=O) groups excluding carboxylic acids is 2. The van der Waals surface area contributed by atoms with E-state index >= 15 is 0 Å². The Labute approximate surface area is 118 Å². The Morgan fingerprint density at radius 2 is 1.95 bits per heavy atom. The van der Waals surface area contributed by atoms with Crippen molar-refractivity contribution in [2.75, 3.05) is 5.32 Å². The summed E-state index contributed by atoms with van der Waals surface area (Å²) in [5, 5.41) is 11.0. The van der Waals surface area contributed by atoms with E-state index in [0.29, 0.717) is 0 Å². The molecule has 0 aromatic heterocycles. The van der Waals surface area contributed by atoms with Gasteiger partial charge in [0.15, 0.2) is 6.10 Å². The second-order valence-corrected chi connectivity index (χ2v) is 4.58. The number of nitrogens with one attached hydrogen (secondary N) is 1. The molecule has 4 N–H and O–H groups in total. The lowest BCUT2D eigenvalue weighted by molar-refractivity contribution is -0.150. The SMILES string of the molecule is NC(=O)c1ccc(F)c(NC(=O)[C@@H]2CC[C@H](C(=O)O)O2)c1. The van der Waals surface area contributed by atoms with Gasteiger partial charge < -0.3 is 20.9 Å². The maximum atomic E-state index is 13.6. The van der Waals surface area contributed by atoms with E-state index in [1.165, 1.54) is 6.07 Å². The van der Waals surface area contributed by atoms with E-state index in [1.807, 2.05) is 0 Å². The topological polar surface area (TPSA) is 119 Å². The quantitative estimate of drug-likeness (QED) is 0.747. The van der Waals surface area contributed by atoms with Crippen molar-refractivity contribution in [1.29, 1.82) is 0 Å². The summed E-state index contributed by atoms with van der Waals surface area (Å²) in [6, 6.07) is 3.31. The van der Waals surface area contributed by atoms with Crippen LogP contribution in [0.15, 0.2) is 18.2 Å². The van der Waals surface area contributed by atoms with Crippen LogP contribution in [0.25, 0.3) is 0 Å². The number of primary amides is 1. The van der Waals surface area contributed by atoms with Gasteiger partial charge in [-0.05, 0) is 31.0 Å². The van der Waals surface area contributed by atoms with E-state index in [0.717, 1.165) is 12.1 Å². The molecule has 21 heavy (non-hydrogen) atoms. The predicted octanol–water partition coefficient (Wildman–Crippen LogP) is 0.495. The first-order chi connectivity index (χ1) is 9.88. The van der Waals surface area contributed by atoms with Crippen LogP contribution in [0.3, 0.4) is 0 Å². The van der Waals surface area contributed by atoms with Crippen molar-refractivity contribution in [3.05, 3.63) is 29.6 Å². The summed E-state index contributed by atoms with van der Waals surface area (Å²) in [5.74, 6) is -3.30. The van der Waals surface area contributed by atoms with Crippen LogP contribution in [-0.2, 0) is 14.3 Å². The fourth-order valence-electron chi connectivity index (χ4n) is 2.00. The van der Waals surface area contributed by atoms with E-state index < -0.39 is 35.8 Å². The summed E-state index contributed by atoms with van der Waals surface area (Å²) in [5.41, 5.74) is 4.91. The van der Waals surface area contributed by atoms with Crippen LogP contribution in [0, 0.1) is 5.82 Å². The molecule has 0 radical (unpaired) electrons. The standard InChI is InChI=1S/C13H13FN2O5/c14-7-2-1-6(11(15)17)5-8(7)16-12(18)9-3-4-10(21-9)13(19)20/h1-2,5,9-10H,3-4H2,(H2,15,17)(H,16,18)(H,19,20)/t9-,10+/m0/s1. The molecule has 1 aromatic carbocycles. The van der Waals surface area contributed by atoms with Crippen LogP contribution in [-0.4, -0.2) is 35.1 Å². The Bertz CT molecular complexity index is 604. The molecule has 1 aromatic rings. The molecular formula is C13H13FN2O5. The number of hydrogen-bond acceptors (Lipinski definition) is 4. The molecule has 1 heterocycles. The average molecular weight is 296 g/mol. The molecule has 8 heteroatoms. The molecule has 2 amide bonds. The first-order valence-corrected chi connectivity index (χ1v) is 6.17. The van der Waals surface area contributed by atoms with Crippen LogP contribution in [0.1, 0.15) is 23.2 Å². The highest BCUT2D eigenvalue weighted by molar-refractivity contribution is 5.98. The number of rotatable bonds is 4. The summed E-state index contributed by atoms with van der Waals surface area (Å²) in [6.45, 7) is 0. The molecule has 2 rings (SSSR count). The van der Waals surface area contributed by atoms with Crippen LogP contribution in [0.2, 0.25) is 0 Å². The number of anilines is 1. The van der Waals surface area contributed by atoms with Crippen molar-refractivity contribution in [3.8, 4) is 0 Å². The number of carboxylic acid groups (broad SMARTS) is 1. The Morgan fingerprint density at radius 3 is 2.52 bits per heavy atom. The minimum absolute atomic E-state index is 0.0439. The molecule has 1 fully saturated rings. The Kier molecular flexibility index (Phi) is 4.18. The van der Waals surface area contributed by atoms with Gasteiger partial charge in [0.2, 0.25) is 5.91 Å². The van der Waals surface area contributed by atoms with Gasteiger partial charge in [-0.25, -0.2) is 9.18 Å². The van der Waals surface area contributed by atoms with Crippen LogP contribution < -0.4 is 11.1 Å². The molecule has 0 spiro atoms. The number of carbonyl (C=O) groups is 3. The lowest BCUT2D eigenvalue weighted by Crippen LogP contribution is -2.30. The zero-order chi connectivity index (χ0) is 15.6. The molecule has 2 atom stereocenters. The van der Waals surface area contributed by atoms with Gasteiger partial charge in [-0.3, -0.25) is 9.59 Å². The highest BCUT2D eigenvalue weighted by Crippen LogP contribution is 2.22. The molecule has 1 aliphatic heterocycles. The zero-order valence-corrected chi connectivity index (χ0v) is 10.8. The van der Waals surface area contributed by atoms with Gasteiger partial charge in [-0.2, -0.15) is 0 Å².